The number of carbonyl (C=O) groups excluding carboxylic acids is 1. The minimum absolute atomic E-state index is 0.0360. The molecule has 120 valence electrons. The number of fused-ring (bicyclic) bond motifs is 1. The minimum Gasteiger partial charge on any atom is -0.411 e. The highest BCUT2D eigenvalue weighted by Gasteiger charge is 2.26. The summed E-state index contributed by atoms with van der Waals surface area (Å²) in [7, 11) is 0. The first kappa shape index (κ1) is 14.9. The fraction of sp³-hybridized carbons (Fsp3) is 0.176. The van der Waals surface area contributed by atoms with Crippen molar-refractivity contribution in [3.63, 3.8) is 0 Å². The maximum atomic E-state index is 12.4. The Morgan fingerprint density at radius 2 is 2.08 bits per heavy atom. The number of aryl methyl sites for hydroxylation is 1. The van der Waals surface area contributed by atoms with Gasteiger partial charge in [-0.2, -0.15) is 0 Å². The molecule has 4 rings (SSSR count). The van der Waals surface area contributed by atoms with Crippen molar-refractivity contribution in [2.24, 2.45) is 0 Å². The normalized spacial score (nSPS) is 17.0. The molecule has 0 radical (unpaired) electrons. The Labute approximate surface area is 142 Å². The molecule has 24 heavy (non-hydrogen) atoms. The number of nitrogens with zero attached hydrogens (tertiary/aromatic N) is 3. The minimum atomic E-state index is -0.264. The summed E-state index contributed by atoms with van der Waals surface area (Å²) < 4.78 is 5.66. The summed E-state index contributed by atoms with van der Waals surface area (Å²) in [6.07, 6.45) is 4.90. The van der Waals surface area contributed by atoms with Gasteiger partial charge in [-0.15, -0.1) is 10.2 Å². The Kier molecular flexibility index (Phi) is 4.00. The molecule has 1 aliphatic heterocycles. The zero-order chi connectivity index (χ0) is 16.4. The van der Waals surface area contributed by atoms with E-state index in [9.17, 15) is 4.79 Å². The van der Waals surface area contributed by atoms with E-state index in [0.29, 0.717) is 11.1 Å². The Hall–Kier alpha value is -2.67. The van der Waals surface area contributed by atoms with Gasteiger partial charge in [0.05, 0.1) is 10.8 Å². The van der Waals surface area contributed by atoms with Gasteiger partial charge in [-0.3, -0.25) is 9.78 Å². The molecule has 7 heteroatoms. The number of amides is 1. The first-order chi connectivity index (χ1) is 11.8. The van der Waals surface area contributed by atoms with E-state index in [1.165, 1.54) is 11.8 Å². The number of benzene rings is 1. The van der Waals surface area contributed by atoms with Gasteiger partial charge in [0, 0.05) is 18.1 Å². The molecule has 0 unspecified atom stereocenters. The van der Waals surface area contributed by atoms with Crippen LogP contribution in [0, 0.1) is 0 Å². The van der Waals surface area contributed by atoms with Gasteiger partial charge in [-0.05, 0) is 36.6 Å². The van der Waals surface area contributed by atoms with E-state index >= 15 is 0 Å². The van der Waals surface area contributed by atoms with Crippen molar-refractivity contribution in [2.45, 2.75) is 23.3 Å². The molecule has 0 spiro atoms. The van der Waals surface area contributed by atoms with Crippen LogP contribution in [0.25, 0.3) is 11.5 Å². The number of para-hydroxylation sites is 1. The van der Waals surface area contributed by atoms with E-state index < -0.39 is 0 Å². The number of carbonyl (C=O) groups is 1. The smallest absolute Gasteiger partial charge is 0.277 e. The predicted molar refractivity (Wildman–Crippen MR) is 90.6 cm³/mol. The third-order valence-electron chi connectivity index (χ3n) is 3.80. The summed E-state index contributed by atoms with van der Waals surface area (Å²) >= 11 is 1.30. The average Bonchev–Trinajstić information content (AvgIpc) is 3.02. The van der Waals surface area contributed by atoms with Gasteiger partial charge in [0.2, 0.25) is 11.8 Å². The summed E-state index contributed by atoms with van der Waals surface area (Å²) in [6.45, 7) is 0. The summed E-state index contributed by atoms with van der Waals surface area (Å²) in [5.74, 6) is 0.369. The highest BCUT2D eigenvalue weighted by atomic mass is 32.2. The number of thioether (sulfide) groups is 1. The molecule has 1 atom stereocenters. The van der Waals surface area contributed by atoms with E-state index in [-0.39, 0.29) is 11.2 Å². The van der Waals surface area contributed by atoms with Crippen molar-refractivity contribution in [3.05, 3.63) is 54.4 Å². The lowest BCUT2D eigenvalue weighted by Gasteiger charge is -2.09. The van der Waals surface area contributed by atoms with E-state index in [4.69, 9.17) is 4.42 Å². The van der Waals surface area contributed by atoms with Crippen LogP contribution in [0.1, 0.15) is 12.0 Å². The number of aromatic nitrogens is 3. The summed E-state index contributed by atoms with van der Waals surface area (Å²) in [6, 6.07) is 11.5. The fourth-order valence-electron chi connectivity index (χ4n) is 2.59. The molecule has 3 heterocycles. The van der Waals surface area contributed by atoms with Gasteiger partial charge < -0.3 is 9.73 Å². The summed E-state index contributed by atoms with van der Waals surface area (Å²) in [4.78, 5) is 16.5. The maximum Gasteiger partial charge on any atom is 0.277 e. The SMILES string of the molecule is O=C1Nc2ccccc2CC[C@H]1Sc1nnc(-c2cccnc2)o1. The second-order valence-corrected chi connectivity index (χ2v) is 6.56. The first-order valence-corrected chi connectivity index (χ1v) is 8.47. The highest BCUT2D eigenvalue weighted by Crippen LogP contribution is 2.32. The van der Waals surface area contributed by atoms with Crippen LogP contribution in [0.3, 0.4) is 0 Å². The highest BCUT2D eigenvalue weighted by molar-refractivity contribution is 8.00. The van der Waals surface area contributed by atoms with Crippen molar-refractivity contribution in [3.8, 4) is 11.5 Å². The van der Waals surface area contributed by atoms with Crippen molar-refractivity contribution in [1.82, 2.24) is 15.2 Å². The van der Waals surface area contributed by atoms with Crippen LogP contribution in [-0.2, 0) is 11.2 Å². The van der Waals surface area contributed by atoms with Crippen LogP contribution in [0.15, 0.2) is 58.4 Å². The third kappa shape index (κ3) is 3.03. The van der Waals surface area contributed by atoms with Crippen molar-refractivity contribution in [1.29, 1.82) is 0 Å². The molecule has 6 nitrogen and oxygen atoms in total. The number of pyridine rings is 1. The largest absolute Gasteiger partial charge is 0.411 e. The molecule has 0 bridgehead atoms. The zero-order valence-corrected chi connectivity index (χ0v) is 13.5. The monoisotopic (exact) mass is 338 g/mol. The predicted octanol–water partition coefficient (Wildman–Crippen LogP) is 3.18. The van der Waals surface area contributed by atoms with Gasteiger partial charge in [0.15, 0.2) is 0 Å². The lowest BCUT2D eigenvalue weighted by molar-refractivity contribution is -0.115. The maximum absolute atomic E-state index is 12.4. The number of rotatable bonds is 3. The quantitative estimate of drug-likeness (QED) is 0.790. The number of nitrogens with one attached hydrogen (secondary N) is 1. The Balaban J connectivity index is 1.50. The number of anilines is 1. The van der Waals surface area contributed by atoms with Crippen LogP contribution < -0.4 is 5.32 Å². The van der Waals surface area contributed by atoms with Gasteiger partial charge in [0.1, 0.15) is 0 Å². The molecule has 1 aromatic carbocycles. The van der Waals surface area contributed by atoms with E-state index in [1.54, 1.807) is 12.4 Å². The van der Waals surface area contributed by atoms with Crippen molar-refractivity contribution < 1.29 is 9.21 Å². The summed E-state index contributed by atoms with van der Waals surface area (Å²) in [5, 5.41) is 11.2. The van der Waals surface area contributed by atoms with Crippen LogP contribution >= 0.6 is 11.8 Å². The molecule has 0 saturated carbocycles. The number of hydrogen-bond acceptors (Lipinski definition) is 6. The van der Waals surface area contributed by atoms with Crippen LogP contribution in [0.5, 0.6) is 0 Å². The Morgan fingerprint density at radius 3 is 2.96 bits per heavy atom. The van der Waals surface area contributed by atoms with Gasteiger partial charge in [-0.1, -0.05) is 30.0 Å². The molecule has 0 saturated heterocycles. The van der Waals surface area contributed by atoms with E-state index in [0.717, 1.165) is 29.7 Å². The lowest BCUT2D eigenvalue weighted by Crippen LogP contribution is -2.23. The topological polar surface area (TPSA) is 80.9 Å². The molecule has 0 fully saturated rings. The molecule has 3 aromatic rings. The molecule has 1 aliphatic rings. The summed E-state index contributed by atoms with van der Waals surface area (Å²) in [5.41, 5.74) is 2.79. The molecule has 0 aliphatic carbocycles. The lowest BCUT2D eigenvalue weighted by atomic mass is 10.1. The second-order valence-electron chi connectivity index (χ2n) is 5.41. The van der Waals surface area contributed by atoms with Crippen molar-refractivity contribution in [2.75, 3.05) is 5.32 Å². The van der Waals surface area contributed by atoms with Gasteiger partial charge in [0.25, 0.3) is 5.22 Å². The first-order valence-electron chi connectivity index (χ1n) is 7.59. The number of hydrogen-bond donors (Lipinski definition) is 1. The van der Waals surface area contributed by atoms with Gasteiger partial charge >= 0.3 is 0 Å². The van der Waals surface area contributed by atoms with Crippen LogP contribution in [0.2, 0.25) is 0 Å². The molecule has 1 amide bonds. The van der Waals surface area contributed by atoms with Crippen LogP contribution in [-0.4, -0.2) is 26.3 Å². The third-order valence-corrected chi connectivity index (χ3v) is 4.90. The van der Waals surface area contributed by atoms with E-state index in [1.807, 2.05) is 36.4 Å². The van der Waals surface area contributed by atoms with Crippen molar-refractivity contribution >= 4 is 23.4 Å². The molecule has 1 N–H and O–H groups in total. The Morgan fingerprint density at radius 1 is 1.17 bits per heavy atom. The Bertz CT molecular complexity index is 866. The van der Waals surface area contributed by atoms with Gasteiger partial charge in [-0.25, -0.2) is 0 Å². The average molecular weight is 338 g/mol. The zero-order valence-electron chi connectivity index (χ0n) is 12.7. The molecular formula is C17H14N4O2S. The molecular weight excluding hydrogens is 324 g/mol. The standard InChI is InChI=1S/C17H14N4O2S/c22-15-14(8-7-11-4-1-2-6-13(11)19-15)24-17-21-20-16(23-17)12-5-3-9-18-10-12/h1-6,9-10,14H,7-8H2,(H,19,22)/t14-/m1/s1. The van der Waals surface area contributed by atoms with Crippen LogP contribution in [0.4, 0.5) is 5.69 Å². The molecule has 2 aromatic heterocycles. The van der Waals surface area contributed by atoms with E-state index in [2.05, 4.69) is 20.5 Å². The fourth-order valence-corrected chi connectivity index (χ4v) is 3.45. The second kappa shape index (κ2) is 6.45.